The van der Waals surface area contributed by atoms with Crippen molar-refractivity contribution in [3.8, 4) is 11.8 Å². The van der Waals surface area contributed by atoms with Gasteiger partial charge in [0.1, 0.15) is 0 Å². The minimum Gasteiger partial charge on any atom is -0.395 e. The van der Waals surface area contributed by atoms with Gasteiger partial charge in [0, 0.05) is 23.6 Å². The fraction of sp³-hybridized carbons (Fsp3) is 0.500. The normalized spacial score (nSPS) is 13.0. The molecular formula is C18H25NO2. The Hall–Kier alpha value is -1.79. The fourth-order valence-electron chi connectivity index (χ4n) is 2.06. The van der Waals surface area contributed by atoms with Gasteiger partial charge >= 0.3 is 0 Å². The third-order valence-electron chi connectivity index (χ3n) is 3.45. The van der Waals surface area contributed by atoms with Crippen molar-refractivity contribution in [1.29, 1.82) is 0 Å². The molecule has 0 aromatic heterocycles. The molecule has 0 aliphatic rings. The third-order valence-corrected chi connectivity index (χ3v) is 3.45. The molecule has 3 heteroatoms. The second-order valence-electron chi connectivity index (χ2n) is 5.48. The van der Waals surface area contributed by atoms with E-state index in [1.54, 1.807) is 12.1 Å². The predicted molar refractivity (Wildman–Crippen MR) is 86.0 cm³/mol. The first kappa shape index (κ1) is 17.3. The van der Waals surface area contributed by atoms with Crippen molar-refractivity contribution < 1.29 is 9.90 Å². The molecule has 3 nitrogen and oxygen atoms in total. The van der Waals surface area contributed by atoms with Crippen LogP contribution in [0.4, 0.5) is 0 Å². The Kier molecular flexibility index (Phi) is 7.56. The first-order valence-electron chi connectivity index (χ1n) is 7.57. The minimum absolute atomic E-state index is 0.0410. The van der Waals surface area contributed by atoms with Crippen LogP contribution in [-0.4, -0.2) is 23.7 Å². The zero-order valence-corrected chi connectivity index (χ0v) is 13.1. The van der Waals surface area contributed by atoms with Crippen LogP contribution in [0.15, 0.2) is 24.3 Å². The monoisotopic (exact) mass is 287 g/mol. The summed E-state index contributed by atoms with van der Waals surface area (Å²) in [6.45, 7) is 6.47. The number of aliphatic hydroxyl groups is 1. The summed E-state index contributed by atoms with van der Waals surface area (Å²) in [6.07, 6.45) is 2.59. The first-order valence-corrected chi connectivity index (χ1v) is 7.57. The van der Waals surface area contributed by atoms with Gasteiger partial charge in [-0.25, -0.2) is 0 Å². The molecule has 1 amide bonds. The van der Waals surface area contributed by atoms with Gasteiger partial charge in [-0.05, 0) is 43.5 Å². The lowest BCUT2D eigenvalue weighted by Gasteiger charge is -2.17. The summed E-state index contributed by atoms with van der Waals surface area (Å²) in [6, 6.07) is 7.41. The maximum Gasteiger partial charge on any atom is 0.251 e. The van der Waals surface area contributed by atoms with Crippen LogP contribution >= 0.6 is 0 Å². The molecule has 0 saturated heterocycles. The van der Waals surface area contributed by atoms with Crippen molar-refractivity contribution in [3.63, 3.8) is 0 Å². The van der Waals surface area contributed by atoms with Crippen LogP contribution in [0.2, 0.25) is 0 Å². The molecule has 0 bridgehead atoms. The molecular weight excluding hydrogens is 262 g/mol. The summed E-state index contributed by atoms with van der Waals surface area (Å²) in [5.41, 5.74) is 1.51. The van der Waals surface area contributed by atoms with Gasteiger partial charge in [0.2, 0.25) is 0 Å². The van der Waals surface area contributed by atoms with E-state index in [4.69, 9.17) is 5.11 Å². The Morgan fingerprint density at radius 3 is 2.52 bits per heavy atom. The number of carbonyl (C=O) groups is 1. The number of rotatable bonds is 6. The summed E-state index contributed by atoms with van der Waals surface area (Å²) >= 11 is 0. The van der Waals surface area contributed by atoms with Gasteiger partial charge in [-0.2, -0.15) is 0 Å². The molecule has 0 aliphatic heterocycles. The second kappa shape index (κ2) is 9.20. The molecule has 2 unspecified atom stereocenters. The van der Waals surface area contributed by atoms with Crippen LogP contribution in [0.1, 0.15) is 56.0 Å². The lowest BCUT2D eigenvalue weighted by atomic mass is 10.00. The molecule has 2 N–H and O–H groups in total. The Balaban J connectivity index is 2.57. The second-order valence-corrected chi connectivity index (χ2v) is 5.48. The van der Waals surface area contributed by atoms with Crippen molar-refractivity contribution in [2.24, 2.45) is 5.92 Å². The molecule has 0 radical (unpaired) electrons. The van der Waals surface area contributed by atoms with Crippen molar-refractivity contribution in [2.45, 2.75) is 46.1 Å². The Labute approximate surface area is 127 Å². The number of hydrogen-bond donors (Lipinski definition) is 2. The van der Waals surface area contributed by atoms with Crippen LogP contribution in [0, 0.1) is 17.8 Å². The van der Waals surface area contributed by atoms with Crippen LogP contribution in [-0.2, 0) is 0 Å². The number of aliphatic hydroxyl groups excluding tert-OH is 1. The highest BCUT2D eigenvalue weighted by atomic mass is 16.2. The van der Waals surface area contributed by atoms with Crippen LogP contribution in [0.5, 0.6) is 0 Å². The molecule has 0 saturated carbocycles. The molecule has 1 aromatic carbocycles. The van der Waals surface area contributed by atoms with E-state index >= 15 is 0 Å². The summed E-state index contributed by atoms with van der Waals surface area (Å²) in [4.78, 5) is 12.1. The van der Waals surface area contributed by atoms with Gasteiger partial charge in [0.05, 0.1) is 6.61 Å². The summed E-state index contributed by atoms with van der Waals surface area (Å²) < 4.78 is 0. The summed E-state index contributed by atoms with van der Waals surface area (Å²) in [7, 11) is 0. The van der Waals surface area contributed by atoms with Crippen LogP contribution in [0.25, 0.3) is 0 Å². The third kappa shape index (κ3) is 6.46. The van der Waals surface area contributed by atoms with E-state index in [0.717, 1.165) is 18.4 Å². The number of benzene rings is 1. The van der Waals surface area contributed by atoms with Gasteiger partial charge in [-0.1, -0.05) is 32.1 Å². The standard InChI is InChI=1S/C18H25NO2/c1-4-14(2)13-15(3)19-18(21)17-10-8-16(9-11-17)7-5-6-12-20/h8-11,14-15,20H,4,6,12-13H2,1-3H3,(H,19,21). The number of hydrogen-bond acceptors (Lipinski definition) is 2. The molecule has 0 fully saturated rings. The highest BCUT2D eigenvalue weighted by Crippen LogP contribution is 2.10. The Morgan fingerprint density at radius 1 is 1.29 bits per heavy atom. The molecule has 0 spiro atoms. The van der Waals surface area contributed by atoms with Crippen molar-refractivity contribution in [3.05, 3.63) is 35.4 Å². The number of carbonyl (C=O) groups excluding carboxylic acids is 1. The van der Waals surface area contributed by atoms with Gasteiger partial charge in [-0.3, -0.25) is 4.79 Å². The first-order chi connectivity index (χ1) is 10.1. The molecule has 0 heterocycles. The highest BCUT2D eigenvalue weighted by Gasteiger charge is 2.11. The van der Waals surface area contributed by atoms with E-state index in [0.29, 0.717) is 17.9 Å². The number of nitrogens with one attached hydrogen (secondary N) is 1. The zero-order chi connectivity index (χ0) is 15.7. The van der Waals surface area contributed by atoms with Crippen LogP contribution < -0.4 is 5.32 Å². The van der Waals surface area contributed by atoms with Crippen molar-refractivity contribution >= 4 is 5.91 Å². The fourth-order valence-corrected chi connectivity index (χ4v) is 2.06. The van der Waals surface area contributed by atoms with Gasteiger partial charge < -0.3 is 10.4 Å². The summed E-state index contributed by atoms with van der Waals surface area (Å²) in [5, 5.41) is 11.7. The van der Waals surface area contributed by atoms with E-state index in [1.807, 2.05) is 19.1 Å². The average Bonchev–Trinajstić information content (AvgIpc) is 2.47. The maximum atomic E-state index is 12.1. The number of amides is 1. The predicted octanol–water partition coefficient (Wildman–Crippen LogP) is 2.98. The average molecular weight is 287 g/mol. The molecule has 0 aliphatic carbocycles. The molecule has 114 valence electrons. The van der Waals surface area contributed by atoms with E-state index < -0.39 is 0 Å². The molecule has 2 atom stereocenters. The smallest absolute Gasteiger partial charge is 0.251 e. The largest absolute Gasteiger partial charge is 0.395 e. The van der Waals surface area contributed by atoms with Gasteiger partial charge in [0.15, 0.2) is 0 Å². The quantitative estimate of drug-likeness (QED) is 0.790. The maximum absolute atomic E-state index is 12.1. The molecule has 1 aromatic rings. The van der Waals surface area contributed by atoms with Gasteiger partial charge in [0.25, 0.3) is 5.91 Å². The highest BCUT2D eigenvalue weighted by molar-refractivity contribution is 5.94. The van der Waals surface area contributed by atoms with E-state index in [9.17, 15) is 4.79 Å². The lowest BCUT2D eigenvalue weighted by Crippen LogP contribution is -2.33. The van der Waals surface area contributed by atoms with E-state index in [-0.39, 0.29) is 18.6 Å². The molecule has 1 rings (SSSR count). The Morgan fingerprint density at radius 2 is 1.95 bits per heavy atom. The Bertz CT molecular complexity index is 496. The van der Waals surface area contributed by atoms with Crippen LogP contribution in [0.3, 0.4) is 0 Å². The molecule has 21 heavy (non-hydrogen) atoms. The van der Waals surface area contributed by atoms with Crippen molar-refractivity contribution in [1.82, 2.24) is 5.32 Å². The topological polar surface area (TPSA) is 49.3 Å². The van der Waals surface area contributed by atoms with Gasteiger partial charge in [-0.15, -0.1) is 0 Å². The zero-order valence-electron chi connectivity index (χ0n) is 13.1. The SMILES string of the molecule is CCC(C)CC(C)NC(=O)c1ccc(C#CCCO)cc1. The lowest BCUT2D eigenvalue weighted by molar-refractivity contribution is 0.0935. The van der Waals surface area contributed by atoms with Crippen molar-refractivity contribution in [2.75, 3.05) is 6.61 Å². The van der Waals surface area contributed by atoms with E-state index in [1.165, 1.54) is 0 Å². The van der Waals surface area contributed by atoms with E-state index in [2.05, 4.69) is 31.0 Å². The summed E-state index contributed by atoms with van der Waals surface area (Å²) in [5.74, 6) is 6.38. The minimum atomic E-state index is -0.0410.